The number of halogens is 2. The van der Waals surface area contributed by atoms with E-state index in [4.69, 9.17) is 0 Å². The summed E-state index contributed by atoms with van der Waals surface area (Å²) in [4.78, 5) is 13.4. The third-order valence-corrected chi connectivity index (χ3v) is 3.10. The van der Waals surface area contributed by atoms with Gasteiger partial charge in [0.2, 0.25) is 6.41 Å². The topological polar surface area (TPSA) is 24.8 Å². The van der Waals surface area contributed by atoms with Gasteiger partial charge < -0.3 is 9.80 Å². The predicted molar refractivity (Wildman–Crippen MR) is 58.4 cm³/mol. The summed E-state index contributed by atoms with van der Waals surface area (Å²) in [6.45, 7) is 3.37. The molecule has 1 aromatic rings. The molecule has 0 saturated carbocycles. The summed E-state index contributed by atoms with van der Waals surface area (Å²) in [6.07, 6.45) is 0.833. The van der Waals surface area contributed by atoms with Gasteiger partial charge in [0, 0.05) is 5.56 Å². The summed E-state index contributed by atoms with van der Waals surface area (Å²) in [6, 6.07) is 3.53. The van der Waals surface area contributed by atoms with Crippen molar-refractivity contribution >= 4 is 6.41 Å². The van der Waals surface area contributed by atoms with Gasteiger partial charge in [0.25, 0.3) is 0 Å². The molecule has 1 aliphatic rings. The quantitative estimate of drug-likeness (QED) is 0.730. The van der Waals surface area contributed by atoms with Crippen molar-refractivity contribution in [2.24, 2.45) is 0 Å². The lowest BCUT2D eigenvalue weighted by atomic mass is 10.2. The molecule has 0 atom stereocenters. The predicted octanol–water partition coefficient (Wildman–Crippen LogP) is -0.178. The molecule has 0 aromatic heterocycles. The Labute approximate surface area is 98.6 Å². The highest BCUT2D eigenvalue weighted by atomic mass is 19.1. The lowest BCUT2D eigenvalue weighted by Gasteiger charge is -2.29. The van der Waals surface area contributed by atoms with Gasteiger partial charge in [0.1, 0.15) is 18.2 Å². The SMILES string of the molecule is O=CN1CC[NH+](Cc2cc(F)ccc2F)CC1. The molecular formula is C12H15F2N2O+. The number of hydrogen-bond acceptors (Lipinski definition) is 1. The molecule has 92 valence electrons. The van der Waals surface area contributed by atoms with Gasteiger partial charge in [-0.3, -0.25) is 4.79 Å². The van der Waals surface area contributed by atoms with Crippen LogP contribution in [-0.4, -0.2) is 37.5 Å². The van der Waals surface area contributed by atoms with E-state index in [-0.39, 0.29) is 5.82 Å². The zero-order valence-corrected chi connectivity index (χ0v) is 9.46. The van der Waals surface area contributed by atoms with Crippen LogP contribution in [0.15, 0.2) is 18.2 Å². The first-order valence-electron chi connectivity index (χ1n) is 5.66. The van der Waals surface area contributed by atoms with Crippen LogP contribution in [0.4, 0.5) is 8.78 Å². The molecule has 0 radical (unpaired) electrons. The number of carbonyl (C=O) groups is 1. The molecule has 2 rings (SSSR count). The molecule has 0 aliphatic carbocycles. The Balaban J connectivity index is 1.97. The fourth-order valence-electron chi connectivity index (χ4n) is 2.07. The summed E-state index contributed by atoms with van der Waals surface area (Å²) in [5.41, 5.74) is 0.402. The molecule has 0 spiro atoms. The second-order valence-electron chi connectivity index (χ2n) is 4.30. The minimum Gasteiger partial charge on any atom is -0.334 e. The first kappa shape index (κ1) is 12.0. The Kier molecular flexibility index (Phi) is 3.68. The van der Waals surface area contributed by atoms with Gasteiger partial charge in [-0.25, -0.2) is 8.78 Å². The number of quaternary nitrogens is 1. The highest BCUT2D eigenvalue weighted by Gasteiger charge is 2.20. The van der Waals surface area contributed by atoms with E-state index in [1.807, 2.05) is 0 Å². The van der Waals surface area contributed by atoms with Crippen LogP contribution in [0.25, 0.3) is 0 Å². The molecule has 1 saturated heterocycles. The minimum absolute atomic E-state index is 0.364. The maximum atomic E-state index is 13.4. The molecular weight excluding hydrogens is 226 g/mol. The fourth-order valence-corrected chi connectivity index (χ4v) is 2.07. The van der Waals surface area contributed by atoms with Crippen LogP contribution in [0.1, 0.15) is 5.56 Å². The minimum atomic E-state index is -0.410. The Morgan fingerprint density at radius 2 is 2.00 bits per heavy atom. The van der Waals surface area contributed by atoms with Gasteiger partial charge >= 0.3 is 0 Å². The zero-order chi connectivity index (χ0) is 12.3. The van der Waals surface area contributed by atoms with Crippen LogP contribution >= 0.6 is 0 Å². The van der Waals surface area contributed by atoms with Gasteiger partial charge in [0.05, 0.1) is 26.2 Å². The van der Waals surface area contributed by atoms with Crippen LogP contribution in [0.3, 0.4) is 0 Å². The highest BCUT2D eigenvalue weighted by Crippen LogP contribution is 2.08. The molecule has 1 heterocycles. The Morgan fingerprint density at radius 3 is 2.65 bits per heavy atom. The summed E-state index contributed by atoms with van der Waals surface area (Å²) >= 11 is 0. The first-order valence-corrected chi connectivity index (χ1v) is 5.66. The van der Waals surface area contributed by atoms with E-state index in [9.17, 15) is 13.6 Å². The average Bonchev–Trinajstić information content (AvgIpc) is 2.35. The molecule has 17 heavy (non-hydrogen) atoms. The lowest BCUT2D eigenvalue weighted by molar-refractivity contribution is -0.917. The second kappa shape index (κ2) is 5.23. The zero-order valence-electron chi connectivity index (χ0n) is 9.46. The Bertz CT molecular complexity index is 403. The summed E-state index contributed by atoms with van der Waals surface area (Å²) in [5.74, 6) is -0.774. The average molecular weight is 241 g/mol. The number of benzene rings is 1. The molecule has 3 nitrogen and oxygen atoms in total. The molecule has 1 N–H and O–H groups in total. The van der Waals surface area contributed by atoms with E-state index in [2.05, 4.69) is 0 Å². The number of piperazine rings is 1. The highest BCUT2D eigenvalue weighted by molar-refractivity contribution is 5.46. The van der Waals surface area contributed by atoms with Crippen molar-refractivity contribution in [3.8, 4) is 0 Å². The van der Waals surface area contributed by atoms with Gasteiger partial charge in [-0.15, -0.1) is 0 Å². The van der Waals surface area contributed by atoms with Crippen LogP contribution in [0.2, 0.25) is 0 Å². The van der Waals surface area contributed by atoms with Crippen LogP contribution < -0.4 is 4.90 Å². The Morgan fingerprint density at radius 1 is 1.29 bits per heavy atom. The van der Waals surface area contributed by atoms with Crippen LogP contribution in [0, 0.1) is 11.6 Å². The van der Waals surface area contributed by atoms with Gasteiger partial charge in [-0.2, -0.15) is 0 Å². The summed E-state index contributed by atoms with van der Waals surface area (Å²) in [7, 11) is 0. The Hall–Kier alpha value is -1.49. The smallest absolute Gasteiger partial charge is 0.210 e. The number of hydrogen-bond donors (Lipinski definition) is 1. The molecule has 1 fully saturated rings. The monoisotopic (exact) mass is 241 g/mol. The third-order valence-electron chi connectivity index (χ3n) is 3.10. The number of rotatable bonds is 3. The standard InChI is InChI=1S/C12H14F2N2O/c13-11-1-2-12(14)10(7-11)8-15-3-5-16(9-17)6-4-15/h1-2,7,9H,3-6,8H2/p+1. The number of carbonyl (C=O) groups excluding carboxylic acids is 1. The number of amides is 1. The summed E-state index contributed by atoms with van der Waals surface area (Å²) < 4.78 is 26.4. The first-order chi connectivity index (χ1) is 8.19. The van der Waals surface area contributed by atoms with E-state index >= 15 is 0 Å². The number of nitrogens with zero attached hydrogens (tertiary/aromatic N) is 1. The number of nitrogens with one attached hydrogen (secondary N) is 1. The van der Waals surface area contributed by atoms with Gasteiger partial charge in [-0.05, 0) is 18.2 Å². The van der Waals surface area contributed by atoms with E-state index < -0.39 is 5.82 Å². The molecule has 1 aliphatic heterocycles. The van der Waals surface area contributed by atoms with Crippen molar-refractivity contribution in [3.05, 3.63) is 35.4 Å². The second-order valence-corrected chi connectivity index (χ2v) is 4.30. The lowest BCUT2D eigenvalue weighted by Crippen LogP contribution is -3.13. The largest absolute Gasteiger partial charge is 0.334 e. The van der Waals surface area contributed by atoms with Crippen LogP contribution in [-0.2, 0) is 11.3 Å². The molecule has 0 bridgehead atoms. The van der Waals surface area contributed by atoms with E-state index in [0.717, 1.165) is 31.6 Å². The van der Waals surface area contributed by atoms with E-state index in [1.165, 1.54) is 11.0 Å². The van der Waals surface area contributed by atoms with E-state index in [1.54, 1.807) is 4.90 Å². The molecule has 1 amide bonds. The molecule has 0 unspecified atom stereocenters. The van der Waals surface area contributed by atoms with Gasteiger partial charge in [-0.1, -0.05) is 0 Å². The molecule has 5 heteroatoms. The normalized spacial score (nSPS) is 17.2. The van der Waals surface area contributed by atoms with E-state index in [0.29, 0.717) is 25.2 Å². The van der Waals surface area contributed by atoms with Crippen molar-refractivity contribution < 1.29 is 18.5 Å². The van der Waals surface area contributed by atoms with Crippen molar-refractivity contribution in [2.45, 2.75) is 6.54 Å². The van der Waals surface area contributed by atoms with Gasteiger partial charge in [0.15, 0.2) is 0 Å². The molecule has 1 aromatic carbocycles. The van der Waals surface area contributed by atoms with Crippen molar-refractivity contribution in [1.29, 1.82) is 0 Å². The van der Waals surface area contributed by atoms with Crippen molar-refractivity contribution in [3.63, 3.8) is 0 Å². The third kappa shape index (κ3) is 3.00. The van der Waals surface area contributed by atoms with Crippen molar-refractivity contribution in [2.75, 3.05) is 26.2 Å². The fraction of sp³-hybridized carbons (Fsp3) is 0.417. The maximum Gasteiger partial charge on any atom is 0.210 e. The van der Waals surface area contributed by atoms with Crippen molar-refractivity contribution in [1.82, 2.24) is 4.90 Å². The summed E-state index contributed by atoms with van der Waals surface area (Å²) in [5, 5.41) is 0. The van der Waals surface area contributed by atoms with Crippen LogP contribution in [0.5, 0.6) is 0 Å². The maximum absolute atomic E-state index is 13.4.